The first-order valence-electron chi connectivity index (χ1n) is 7.87. The molecule has 24 heavy (non-hydrogen) atoms. The van der Waals surface area contributed by atoms with Gasteiger partial charge in [0.25, 0.3) is 0 Å². The second-order valence-electron chi connectivity index (χ2n) is 5.84. The monoisotopic (exact) mass is 346 g/mol. The molecule has 3 rings (SSSR count). The van der Waals surface area contributed by atoms with Gasteiger partial charge in [-0.3, -0.25) is 0 Å². The molecule has 1 atom stereocenters. The number of hydrogen-bond acceptors (Lipinski definition) is 4. The van der Waals surface area contributed by atoms with Crippen molar-refractivity contribution in [3.05, 3.63) is 52.1 Å². The molecule has 0 saturated heterocycles. The summed E-state index contributed by atoms with van der Waals surface area (Å²) in [7, 11) is 0. The molecular formula is C17H19ClN4O2. The SMILES string of the molecule is Cc1ncc2c(n1)CCCC2NC(=O)NCc1cccc(Cl)c1O. The molecule has 7 heteroatoms. The number of hydrogen-bond donors (Lipinski definition) is 3. The van der Waals surface area contributed by atoms with E-state index in [-0.39, 0.29) is 29.4 Å². The Morgan fingerprint density at radius 2 is 2.29 bits per heavy atom. The average molecular weight is 347 g/mol. The molecule has 1 aliphatic rings. The molecule has 1 aromatic carbocycles. The number of carbonyl (C=O) groups excluding carboxylic acids is 1. The van der Waals surface area contributed by atoms with Crippen molar-refractivity contribution in [1.82, 2.24) is 20.6 Å². The Balaban J connectivity index is 1.63. The highest BCUT2D eigenvalue weighted by Gasteiger charge is 2.23. The van der Waals surface area contributed by atoms with Crippen molar-refractivity contribution in [3.63, 3.8) is 0 Å². The van der Waals surface area contributed by atoms with Crippen LogP contribution in [0.4, 0.5) is 4.79 Å². The van der Waals surface area contributed by atoms with Crippen molar-refractivity contribution < 1.29 is 9.90 Å². The first kappa shape index (κ1) is 16.5. The van der Waals surface area contributed by atoms with Crippen LogP contribution in [0.25, 0.3) is 0 Å². The fourth-order valence-corrected chi connectivity index (χ4v) is 3.08. The van der Waals surface area contributed by atoms with E-state index < -0.39 is 0 Å². The molecule has 6 nitrogen and oxygen atoms in total. The van der Waals surface area contributed by atoms with Crippen LogP contribution in [0.1, 0.15) is 41.5 Å². The summed E-state index contributed by atoms with van der Waals surface area (Å²) >= 11 is 5.86. The Morgan fingerprint density at radius 1 is 1.46 bits per heavy atom. The zero-order valence-corrected chi connectivity index (χ0v) is 14.1. The van der Waals surface area contributed by atoms with Crippen molar-refractivity contribution in [1.29, 1.82) is 0 Å². The minimum absolute atomic E-state index is 0.00801. The van der Waals surface area contributed by atoms with Crippen LogP contribution in [0.15, 0.2) is 24.4 Å². The first-order valence-corrected chi connectivity index (χ1v) is 8.25. The summed E-state index contributed by atoms with van der Waals surface area (Å²) < 4.78 is 0. The van der Waals surface area contributed by atoms with Crippen LogP contribution in [0.2, 0.25) is 5.02 Å². The maximum atomic E-state index is 12.2. The van der Waals surface area contributed by atoms with Crippen LogP contribution in [0, 0.1) is 6.92 Å². The zero-order chi connectivity index (χ0) is 17.1. The zero-order valence-electron chi connectivity index (χ0n) is 13.3. The molecule has 1 heterocycles. The number of aromatic nitrogens is 2. The van der Waals surface area contributed by atoms with Crippen LogP contribution in [0.5, 0.6) is 5.75 Å². The second kappa shape index (κ2) is 7.05. The van der Waals surface area contributed by atoms with Crippen LogP contribution in [0.3, 0.4) is 0 Å². The minimum atomic E-state index is -0.298. The van der Waals surface area contributed by atoms with E-state index in [0.29, 0.717) is 5.56 Å². The molecule has 1 unspecified atom stereocenters. The molecule has 126 valence electrons. The van der Waals surface area contributed by atoms with E-state index in [1.54, 1.807) is 24.4 Å². The molecule has 0 spiro atoms. The average Bonchev–Trinajstić information content (AvgIpc) is 2.56. The summed E-state index contributed by atoms with van der Waals surface area (Å²) in [6.07, 6.45) is 4.54. The number of aromatic hydroxyl groups is 1. The predicted octanol–water partition coefficient (Wildman–Crippen LogP) is 3.02. The number of carbonyl (C=O) groups is 1. The summed E-state index contributed by atoms with van der Waals surface area (Å²) in [6.45, 7) is 2.06. The van der Waals surface area contributed by atoms with Gasteiger partial charge in [-0.1, -0.05) is 23.7 Å². The van der Waals surface area contributed by atoms with Crippen LogP contribution in [-0.4, -0.2) is 21.1 Å². The van der Waals surface area contributed by atoms with Crippen molar-refractivity contribution in [3.8, 4) is 5.75 Å². The highest BCUT2D eigenvalue weighted by atomic mass is 35.5. The van der Waals surface area contributed by atoms with Gasteiger partial charge in [0, 0.05) is 29.6 Å². The van der Waals surface area contributed by atoms with E-state index in [0.717, 1.165) is 36.3 Å². The third-order valence-electron chi connectivity index (χ3n) is 4.12. The molecule has 0 fully saturated rings. The maximum absolute atomic E-state index is 12.2. The first-order chi connectivity index (χ1) is 11.5. The van der Waals surface area contributed by atoms with Gasteiger partial charge in [0.2, 0.25) is 0 Å². The van der Waals surface area contributed by atoms with Crippen LogP contribution in [-0.2, 0) is 13.0 Å². The van der Waals surface area contributed by atoms with Crippen molar-refractivity contribution in [2.75, 3.05) is 0 Å². The number of fused-ring (bicyclic) bond motifs is 1. The van der Waals surface area contributed by atoms with Gasteiger partial charge < -0.3 is 15.7 Å². The molecule has 2 amide bonds. The Morgan fingerprint density at radius 3 is 3.12 bits per heavy atom. The van der Waals surface area contributed by atoms with Crippen molar-refractivity contribution >= 4 is 17.6 Å². The number of urea groups is 1. The highest BCUT2D eigenvalue weighted by Crippen LogP contribution is 2.28. The molecular weight excluding hydrogens is 328 g/mol. The number of para-hydroxylation sites is 1. The number of nitrogens with zero attached hydrogens (tertiary/aromatic N) is 2. The van der Waals surface area contributed by atoms with Gasteiger partial charge in [-0.15, -0.1) is 0 Å². The van der Waals surface area contributed by atoms with Gasteiger partial charge in [-0.2, -0.15) is 0 Å². The lowest BCUT2D eigenvalue weighted by Crippen LogP contribution is -2.39. The molecule has 1 aromatic heterocycles. The molecule has 0 radical (unpaired) electrons. The quantitative estimate of drug-likeness (QED) is 0.797. The van der Waals surface area contributed by atoms with Gasteiger partial charge in [-0.25, -0.2) is 14.8 Å². The molecule has 2 aromatic rings. The predicted molar refractivity (Wildman–Crippen MR) is 90.9 cm³/mol. The molecule has 0 saturated carbocycles. The van der Waals surface area contributed by atoms with Crippen molar-refractivity contribution in [2.45, 2.75) is 38.8 Å². The second-order valence-corrected chi connectivity index (χ2v) is 6.25. The standard InChI is InChI=1S/C17H19ClN4O2/c1-10-19-9-12-14(21-10)6-3-7-15(12)22-17(24)20-8-11-4-2-5-13(18)16(11)23/h2,4-5,9,15,23H,3,6-8H2,1H3,(H2,20,22,24). The topological polar surface area (TPSA) is 87.1 Å². The fraction of sp³-hybridized carbons (Fsp3) is 0.353. The summed E-state index contributed by atoms with van der Waals surface area (Å²) in [5, 5.41) is 15.8. The van der Waals surface area contributed by atoms with Crippen LogP contribution >= 0.6 is 11.6 Å². The lowest BCUT2D eigenvalue weighted by atomic mass is 9.92. The van der Waals surface area contributed by atoms with Gasteiger partial charge in [0.1, 0.15) is 11.6 Å². The van der Waals surface area contributed by atoms with Gasteiger partial charge in [0.15, 0.2) is 0 Å². The number of aryl methyl sites for hydroxylation is 2. The minimum Gasteiger partial charge on any atom is -0.506 e. The van der Waals surface area contributed by atoms with E-state index in [9.17, 15) is 9.90 Å². The van der Waals surface area contributed by atoms with Gasteiger partial charge >= 0.3 is 6.03 Å². The highest BCUT2D eigenvalue weighted by molar-refractivity contribution is 6.32. The Hall–Kier alpha value is -2.34. The number of nitrogens with one attached hydrogen (secondary N) is 2. The van der Waals surface area contributed by atoms with Gasteiger partial charge in [-0.05, 0) is 32.3 Å². The number of benzene rings is 1. The number of phenolic OH excluding ortho intramolecular Hbond substituents is 1. The van der Waals surface area contributed by atoms with Gasteiger partial charge in [0.05, 0.1) is 11.1 Å². The van der Waals surface area contributed by atoms with E-state index in [4.69, 9.17) is 11.6 Å². The van der Waals surface area contributed by atoms with E-state index in [1.807, 2.05) is 6.92 Å². The number of amides is 2. The summed E-state index contributed by atoms with van der Waals surface area (Å²) in [6, 6.07) is 4.65. The lowest BCUT2D eigenvalue weighted by Gasteiger charge is -2.25. The number of phenols is 1. The molecule has 0 aliphatic heterocycles. The van der Waals surface area contributed by atoms with Crippen molar-refractivity contribution in [2.24, 2.45) is 0 Å². The van der Waals surface area contributed by atoms with E-state index >= 15 is 0 Å². The lowest BCUT2D eigenvalue weighted by molar-refractivity contribution is 0.235. The number of halogens is 1. The van der Waals surface area contributed by atoms with E-state index in [2.05, 4.69) is 20.6 Å². The smallest absolute Gasteiger partial charge is 0.315 e. The normalized spacial score (nSPS) is 16.3. The third kappa shape index (κ3) is 3.59. The fourth-order valence-electron chi connectivity index (χ4n) is 2.88. The maximum Gasteiger partial charge on any atom is 0.315 e. The Kier molecular flexibility index (Phi) is 4.85. The molecule has 0 bridgehead atoms. The summed E-state index contributed by atoms with van der Waals surface area (Å²) in [4.78, 5) is 20.9. The Bertz CT molecular complexity index is 766. The summed E-state index contributed by atoms with van der Waals surface area (Å²) in [5.74, 6) is 0.738. The third-order valence-corrected chi connectivity index (χ3v) is 4.42. The molecule has 3 N–H and O–H groups in total. The Labute approximate surface area is 145 Å². The number of rotatable bonds is 3. The van der Waals surface area contributed by atoms with Crippen LogP contribution < -0.4 is 10.6 Å². The largest absolute Gasteiger partial charge is 0.506 e. The molecule has 1 aliphatic carbocycles. The van der Waals surface area contributed by atoms with E-state index in [1.165, 1.54) is 0 Å². The summed E-state index contributed by atoms with van der Waals surface area (Å²) in [5.41, 5.74) is 2.56.